The molecule has 228 valence electrons. The second-order valence-corrected chi connectivity index (χ2v) is 12.6. The molecule has 9 aromatic carbocycles. The Bertz CT molecular complexity index is 2910. The van der Waals surface area contributed by atoms with Gasteiger partial charge in [-0.2, -0.15) is 0 Å². The first kappa shape index (κ1) is 25.6. The highest BCUT2D eigenvalue weighted by atomic mass is 16.3. The Hall–Kier alpha value is -6.44. The van der Waals surface area contributed by atoms with E-state index in [0.29, 0.717) is 12.1 Å². The lowest BCUT2D eigenvalue weighted by atomic mass is 9.83. The van der Waals surface area contributed by atoms with Gasteiger partial charge in [-0.05, 0) is 89.6 Å². The van der Waals surface area contributed by atoms with Crippen LogP contribution in [-0.2, 0) is 0 Å². The van der Waals surface area contributed by atoms with Crippen LogP contribution in [0, 0.1) is 0 Å². The van der Waals surface area contributed by atoms with E-state index in [4.69, 9.17) is 7.16 Å². The van der Waals surface area contributed by atoms with Crippen LogP contribution in [0.25, 0.3) is 98.8 Å². The quantitative estimate of drug-likeness (QED) is 0.178. The summed E-state index contributed by atoms with van der Waals surface area (Å²) >= 11 is 0. The molecule has 0 aliphatic heterocycles. The van der Waals surface area contributed by atoms with Gasteiger partial charge in [0.2, 0.25) is 0 Å². The molecule has 0 bridgehead atoms. The smallest absolute Gasteiger partial charge is 0.143 e. The molecule has 1 heterocycles. The Morgan fingerprint density at radius 3 is 1.63 bits per heavy atom. The van der Waals surface area contributed by atoms with E-state index in [-0.39, 0.29) is 0 Å². The topological polar surface area (TPSA) is 13.1 Å². The van der Waals surface area contributed by atoms with Crippen LogP contribution in [-0.4, -0.2) is 0 Å². The van der Waals surface area contributed by atoms with Gasteiger partial charge in [0, 0.05) is 16.2 Å². The number of furan rings is 1. The Morgan fingerprint density at radius 1 is 0.367 bits per heavy atom. The van der Waals surface area contributed by atoms with Crippen LogP contribution >= 0.6 is 0 Å². The molecule has 1 nitrogen and oxygen atoms in total. The summed E-state index contributed by atoms with van der Waals surface area (Å²) in [6.45, 7) is 0. The standard InChI is InChI=1S/C48H30O/c1-3-14-31(15-4-1)35-28-27-34(30-43(35)32-16-5-2-6-17-32)45-37-20-9-11-22-39(37)46(40-23-12-10-21-38(40)45)41-24-13-25-44-47(41)42-29-26-33-18-7-8-19-36(33)48(42)49-44/h1-30H/i1D,2D. The van der Waals surface area contributed by atoms with Crippen molar-refractivity contribution in [2.45, 2.75) is 0 Å². The van der Waals surface area contributed by atoms with E-state index in [2.05, 4.69) is 121 Å². The van der Waals surface area contributed by atoms with E-state index in [1.165, 1.54) is 38.1 Å². The van der Waals surface area contributed by atoms with Crippen molar-refractivity contribution in [1.29, 1.82) is 0 Å². The van der Waals surface area contributed by atoms with Crippen molar-refractivity contribution >= 4 is 54.3 Å². The zero-order chi connectivity index (χ0) is 34.1. The summed E-state index contributed by atoms with van der Waals surface area (Å²) in [4.78, 5) is 0. The molecule has 0 N–H and O–H groups in total. The van der Waals surface area contributed by atoms with Crippen molar-refractivity contribution in [2.24, 2.45) is 0 Å². The van der Waals surface area contributed by atoms with Gasteiger partial charge in [-0.3, -0.25) is 0 Å². The SMILES string of the molecule is [2H]c1ccc(-c2ccc(-c3c4ccccc4c(-c4cccc5oc6c7ccccc7ccc6c45)c4ccccc34)cc2-c2ccc([2H])cc2)cc1. The normalized spacial score (nSPS) is 12.2. The van der Waals surface area contributed by atoms with Crippen LogP contribution in [0.1, 0.15) is 2.74 Å². The molecule has 0 amide bonds. The average molecular weight is 625 g/mol. The molecule has 1 aromatic heterocycles. The Morgan fingerprint density at radius 2 is 0.959 bits per heavy atom. The minimum atomic E-state index is 0.483. The van der Waals surface area contributed by atoms with Crippen LogP contribution in [0.3, 0.4) is 0 Å². The summed E-state index contributed by atoms with van der Waals surface area (Å²) in [6.07, 6.45) is 0. The van der Waals surface area contributed by atoms with Crippen LogP contribution in [0.5, 0.6) is 0 Å². The van der Waals surface area contributed by atoms with Gasteiger partial charge in [-0.1, -0.05) is 164 Å². The third kappa shape index (κ3) is 4.33. The lowest BCUT2D eigenvalue weighted by Gasteiger charge is -2.19. The zero-order valence-corrected chi connectivity index (χ0v) is 26.6. The highest BCUT2D eigenvalue weighted by Crippen LogP contribution is 2.48. The van der Waals surface area contributed by atoms with Gasteiger partial charge in [-0.15, -0.1) is 0 Å². The molecule has 10 aromatic rings. The van der Waals surface area contributed by atoms with Gasteiger partial charge in [0.05, 0.1) is 2.74 Å². The molecule has 0 aliphatic carbocycles. The Kier molecular flexibility index (Phi) is 5.79. The van der Waals surface area contributed by atoms with Crippen molar-refractivity contribution in [1.82, 2.24) is 0 Å². The fourth-order valence-corrected chi connectivity index (χ4v) is 7.81. The molecular formula is C48H30O. The minimum Gasteiger partial charge on any atom is -0.455 e. The molecule has 0 fully saturated rings. The van der Waals surface area contributed by atoms with E-state index in [9.17, 15) is 0 Å². The predicted molar refractivity (Wildman–Crippen MR) is 208 cm³/mol. The van der Waals surface area contributed by atoms with E-state index >= 15 is 0 Å². The van der Waals surface area contributed by atoms with E-state index in [0.717, 1.165) is 60.7 Å². The lowest BCUT2D eigenvalue weighted by Crippen LogP contribution is -1.92. The van der Waals surface area contributed by atoms with Gasteiger partial charge in [0.1, 0.15) is 11.2 Å². The molecule has 0 unspecified atom stereocenters. The predicted octanol–water partition coefficient (Wildman–Crippen LogP) is 13.7. The summed E-state index contributed by atoms with van der Waals surface area (Å²) in [6, 6.07) is 60.0. The fourth-order valence-electron chi connectivity index (χ4n) is 7.81. The monoisotopic (exact) mass is 624 g/mol. The number of rotatable bonds is 4. The van der Waals surface area contributed by atoms with Crippen molar-refractivity contribution < 1.29 is 7.16 Å². The minimum absolute atomic E-state index is 0.483. The maximum absolute atomic E-state index is 8.14. The Balaban J connectivity index is 1.27. The first-order valence-corrected chi connectivity index (χ1v) is 16.7. The van der Waals surface area contributed by atoms with Crippen molar-refractivity contribution in [3.05, 3.63) is 182 Å². The summed E-state index contributed by atoms with van der Waals surface area (Å²) in [7, 11) is 0. The summed E-state index contributed by atoms with van der Waals surface area (Å²) in [5.74, 6) is 0. The number of hydrogen-bond donors (Lipinski definition) is 0. The molecule has 0 spiro atoms. The van der Waals surface area contributed by atoms with Gasteiger partial charge in [0.25, 0.3) is 0 Å². The van der Waals surface area contributed by atoms with Gasteiger partial charge < -0.3 is 4.42 Å². The van der Waals surface area contributed by atoms with Gasteiger partial charge >= 0.3 is 0 Å². The second-order valence-electron chi connectivity index (χ2n) is 12.6. The first-order valence-electron chi connectivity index (χ1n) is 17.7. The first-order chi connectivity index (χ1) is 25.1. The highest BCUT2D eigenvalue weighted by Gasteiger charge is 2.21. The second kappa shape index (κ2) is 11.1. The van der Waals surface area contributed by atoms with Gasteiger partial charge in [-0.25, -0.2) is 0 Å². The van der Waals surface area contributed by atoms with Crippen molar-refractivity contribution in [2.75, 3.05) is 0 Å². The number of benzene rings is 9. The summed E-state index contributed by atoms with van der Waals surface area (Å²) in [5.41, 5.74) is 10.8. The van der Waals surface area contributed by atoms with E-state index in [1.807, 2.05) is 48.5 Å². The van der Waals surface area contributed by atoms with Crippen LogP contribution < -0.4 is 0 Å². The maximum atomic E-state index is 8.14. The summed E-state index contributed by atoms with van der Waals surface area (Å²) < 4.78 is 22.8. The third-order valence-corrected chi connectivity index (χ3v) is 9.95. The molecule has 0 saturated heterocycles. The average Bonchev–Trinajstić information content (AvgIpc) is 3.57. The van der Waals surface area contributed by atoms with Crippen molar-refractivity contribution in [3.63, 3.8) is 0 Å². The molecule has 0 aliphatic rings. The fraction of sp³-hybridized carbons (Fsp3) is 0. The Labute approximate surface area is 287 Å². The van der Waals surface area contributed by atoms with Crippen LogP contribution in [0.4, 0.5) is 0 Å². The molecule has 1 heteroatoms. The maximum Gasteiger partial charge on any atom is 0.143 e. The largest absolute Gasteiger partial charge is 0.455 e. The molecule has 0 saturated carbocycles. The lowest BCUT2D eigenvalue weighted by molar-refractivity contribution is 0.673. The zero-order valence-electron chi connectivity index (χ0n) is 28.6. The number of hydrogen-bond acceptors (Lipinski definition) is 1. The van der Waals surface area contributed by atoms with Crippen molar-refractivity contribution in [3.8, 4) is 44.5 Å². The molecular weight excluding hydrogens is 593 g/mol. The van der Waals surface area contributed by atoms with Crippen LogP contribution in [0.15, 0.2) is 186 Å². The molecule has 49 heavy (non-hydrogen) atoms. The number of fused-ring (bicyclic) bond motifs is 7. The highest BCUT2D eigenvalue weighted by molar-refractivity contribution is 6.27. The van der Waals surface area contributed by atoms with Crippen LogP contribution in [0.2, 0.25) is 0 Å². The molecule has 0 radical (unpaired) electrons. The molecule has 10 rings (SSSR count). The third-order valence-electron chi connectivity index (χ3n) is 9.95. The summed E-state index contributed by atoms with van der Waals surface area (Å²) in [5, 5.41) is 9.27. The molecule has 0 atom stereocenters. The van der Waals surface area contributed by atoms with E-state index in [1.54, 1.807) is 0 Å². The van der Waals surface area contributed by atoms with Gasteiger partial charge in [0.15, 0.2) is 0 Å². The van der Waals surface area contributed by atoms with E-state index < -0.39 is 0 Å².